The molecule has 0 saturated carbocycles. The van der Waals surface area contributed by atoms with Gasteiger partial charge in [0.2, 0.25) is 10.0 Å². The summed E-state index contributed by atoms with van der Waals surface area (Å²) in [6.07, 6.45) is 1.77. The third-order valence-electron chi connectivity index (χ3n) is 7.67. The number of aryl methyl sites for hydroxylation is 1. The molecule has 184 valence electrons. The van der Waals surface area contributed by atoms with Gasteiger partial charge in [-0.15, -0.1) is 0 Å². The lowest BCUT2D eigenvalue weighted by Crippen LogP contribution is -2.67. The highest BCUT2D eigenvalue weighted by Gasteiger charge is 2.50. The molecule has 0 unspecified atom stereocenters. The van der Waals surface area contributed by atoms with Crippen molar-refractivity contribution in [3.63, 3.8) is 0 Å². The summed E-state index contributed by atoms with van der Waals surface area (Å²) in [6.45, 7) is 4.13. The third kappa shape index (κ3) is 4.94. The summed E-state index contributed by atoms with van der Waals surface area (Å²) in [5.41, 5.74) is 5.62. The van der Waals surface area contributed by atoms with Crippen molar-refractivity contribution in [2.75, 3.05) is 26.2 Å². The van der Waals surface area contributed by atoms with Gasteiger partial charge in [0.05, 0.1) is 12.4 Å². The maximum atomic E-state index is 13.4. The van der Waals surface area contributed by atoms with Gasteiger partial charge in [-0.1, -0.05) is 78.9 Å². The van der Waals surface area contributed by atoms with Gasteiger partial charge in [0.15, 0.2) is 0 Å². The van der Waals surface area contributed by atoms with Crippen LogP contribution in [0.5, 0.6) is 0 Å². The van der Waals surface area contributed by atoms with Gasteiger partial charge < -0.3 is 5.11 Å². The van der Waals surface area contributed by atoms with E-state index in [1.165, 1.54) is 22.3 Å². The monoisotopic (exact) mass is 490 g/mol. The van der Waals surface area contributed by atoms with E-state index >= 15 is 0 Å². The highest BCUT2D eigenvalue weighted by atomic mass is 32.2. The van der Waals surface area contributed by atoms with Gasteiger partial charge >= 0.3 is 0 Å². The molecule has 5 nitrogen and oxygen atoms in total. The zero-order valence-electron chi connectivity index (χ0n) is 20.3. The van der Waals surface area contributed by atoms with Crippen LogP contribution in [0.2, 0.25) is 0 Å². The summed E-state index contributed by atoms with van der Waals surface area (Å²) in [4.78, 5) is 2.32. The highest BCUT2D eigenvalue weighted by molar-refractivity contribution is 7.88. The molecule has 2 saturated heterocycles. The van der Waals surface area contributed by atoms with E-state index in [9.17, 15) is 13.5 Å². The molecule has 2 fully saturated rings. The summed E-state index contributed by atoms with van der Waals surface area (Å²) in [6, 6.07) is 26.5. The van der Waals surface area contributed by atoms with Crippen LogP contribution in [0.25, 0.3) is 11.1 Å². The van der Waals surface area contributed by atoms with Crippen LogP contribution in [0.3, 0.4) is 0 Å². The zero-order chi connectivity index (χ0) is 24.4. The Kier molecular flexibility index (Phi) is 7.07. The molecule has 0 radical (unpaired) electrons. The molecular formula is C29H34N2O3S. The van der Waals surface area contributed by atoms with E-state index < -0.39 is 10.0 Å². The number of hydrogen-bond acceptors (Lipinski definition) is 4. The quantitative estimate of drug-likeness (QED) is 0.556. The highest BCUT2D eigenvalue weighted by Crippen LogP contribution is 2.42. The first kappa shape index (κ1) is 24.2. The predicted octanol–water partition coefficient (Wildman–Crippen LogP) is 4.42. The first-order valence-corrected chi connectivity index (χ1v) is 14.1. The van der Waals surface area contributed by atoms with E-state index in [0.717, 1.165) is 24.9 Å². The van der Waals surface area contributed by atoms with Gasteiger partial charge in [-0.05, 0) is 54.1 Å². The first-order chi connectivity index (χ1) is 17.0. The van der Waals surface area contributed by atoms with Gasteiger partial charge in [-0.25, -0.2) is 12.7 Å². The van der Waals surface area contributed by atoms with Crippen molar-refractivity contribution in [2.24, 2.45) is 0 Å². The van der Waals surface area contributed by atoms with Gasteiger partial charge in [0.1, 0.15) is 0 Å². The SMILES string of the molecule is Cc1ccccc1-c1ccc([C@H]2[C@H](CO)N3CCCCN(S(=O)(=O)Cc4ccccc4)C[C@@H]23)cc1. The minimum Gasteiger partial charge on any atom is -0.395 e. The maximum absolute atomic E-state index is 13.4. The molecule has 6 heteroatoms. The molecule has 2 aliphatic rings. The van der Waals surface area contributed by atoms with Crippen molar-refractivity contribution in [1.82, 2.24) is 9.21 Å². The van der Waals surface area contributed by atoms with Crippen molar-refractivity contribution in [1.29, 1.82) is 0 Å². The molecule has 0 bridgehead atoms. The van der Waals surface area contributed by atoms with Crippen molar-refractivity contribution in [3.05, 3.63) is 95.6 Å². The van der Waals surface area contributed by atoms with E-state index in [0.29, 0.717) is 13.1 Å². The van der Waals surface area contributed by atoms with Crippen LogP contribution in [-0.4, -0.2) is 61.1 Å². The number of aliphatic hydroxyl groups excluding tert-OH is 1. The molecule has 5 rings (SSSR count). The Morgan fingerprint density at radius 3 is 2.29 bits per heavy atom. The molecule has 2 heterocycles. The molecule has 0 amide bonds. The average Bonchev–Trinajstić information content (AvgIpc) is 2.84. The fourth-order valence-electron chi connectivity index (χ4n) is 5.82. The summed E-state index contributed by atoms with van der Waals surface area (Å²) < 4.78 is 28.5. The molecule has 35 heavy (non-hydrogen) atoms. The van der Waals surface area contributed by atoms with Crippen LogP contribution in [0.1, 0.15) is 35.4 Å². The lowest BCUT2D eigenvalue weighted by Gasteiger charge is -2.57. The molecule has 3 aromatic carbocycles. The van der Waals surface area contributed by atoms with E-state index in [2.05, 4.69) is 54.3 Å². The second-order valence-electron chi connectivity index (χ2n) is 9.82. The van der Waals surface area contributed by atoms with Gasteiger partial charge in [0, 0.05) is 31.1 Å². The summed E-state index contributed by atoms with van der Waals surface area (Å²) >= 11 is 0. The molecule has 0 spiro atoms. The Balaban J connectivity index is 1.39. The van der Waals surface area contributed by atoms with Gasteiger partial charge in [-0.2, -0.15) is 0 Å². The fourth-order valence-corrected chi connectivity index (χ4v) is 7.40. The number of sulfonamides is 1. The Hall–Kier alpha value is -2.51. The topological polar surface area (TPSA) is 60.9 Å². The standard InChI is InChI=1S/C29H34N2O3S/c1-22-9-5-6-12-26(22)24-13-15-25(16-14-24)29-27-19-30(17-7-8-18-31(27)28(29)20-32)35(33,34)21-23-10-3-2-4-11-23/h2-6,9-16,27-29,32H,7-8,17-21H2,1H3/t27-,28-,29+/m0/s1. The smallest absolute Gasteiger partial charge is 0.218 e. The molecule has 0 aromatic heterocycles. The molecule has 2 aliphatic heterocycles. The van der Waals surface area contributed by atoms with E-state index in [-0.39, 0.29) is 30.4 Å². The van der Waals surface area contributed by atoms with Crippen LogP contribution in [-0.2, 0) is 15.8 Å². The maximum Gasteiger partial charge on any atom is 0.218 e. The normalized spacial score (nSPS) is 23.7. The van der Waals surface area contributed by atoms with E-state index in [1.54, 1.807) is 4.31 Å². The molecule has 0 aliphatic carbocycles. The lowest BCUT2D eigenvalue weighted by atomic mass is 9.74. The number of fused-ring (bicyclic) bond motifs is 1. The number of rotatable bonds is 6. The van der Waals surface area contributed by atoms with Crippen molar-refractivity contribution < 1.29 is 13.5 Å². The van der Waals surface area contributed by atoms with E-state index in [1.807, 2.05) is 36.4 Å². The largest absolute Gasteiger partial charge is 0.395 e. The second-order valence-corrected chi connectivity index (χ2v) is 11.8. The van der Waals surface area contributed by atoms with Crippen LogP contribution in [0.4, 0.5) is 0 Å². The number of nitrogens with zero attached hydrogens (tertiary/aromatic N) is 2. The van der Waals surface area contributed by atoms with Crippen LogP contribution < -0.4 is 0 Å². The molecular weight excluding hydrogens is 456 g/mol. The summed E-state index contributed by atoms with van der Waals surface area (Å²) in [5.74, 6) is 0.137. The van der Waals surface area contributed by atoms with Crippen LogP contribution in [0, 0.1) is 6.92 Å². The molecule has 3 aromatic rings. The zero-order valence-corrected chi connectivity index (χ0v) is 21.1. The predicted molar refractivity (Wildman–Crippen MR) is 141 cm³/mol. The number of aliphatic hydroxyl groups is 1. The Labute approximate surface area is 209 Å². The Morgan fingerprint density at radius 1 is 0.886 bits per heavy atom. The summed E-state index contributed by atoms with van der Waals surface area (Å²) in [5, 5.41) is 10.2. The van der Waals surface area contributed by atoms with Crippen molar-refractivity contribution >= 4 is 10.0 Å². The number of benzene rings is 3. The molecule has 3 atom stereocenters. The van der Waals surface area contributed by atoms with Crippen LogP contribution >= 0.6 is 0 Å². The van der Waals surface area contributed by atoms with Gasteiger partial charge in [-0.3, -0.25) is 4.90 Å². The lowest BCUT2D eigenvalue weighted by molar-refractivity contribution is -0.0554. The van der Waals surface area contributed by atoms with Gasteiger partial charge in [0.25, 0.3) is 0 Å². The Morgan fingerprint density at radius 2 is 1.57 bits per heavy atom. The minimum absolute atomic E-state index is 0.0276. The Bertz CT molecular complexity index is 1240. The van der Waals surface area contributed by atoms with Crippen LogP contribution in [0.15, 0.2) is 78.9 Å². The average molecular weight is 491 g/mol. The third-order valence-corrected chi connectivity index (χ3v) is 9.49. The van der Waals surface area contributed by atoms with E-state index in [4.69, 9.17) is 0 Å². The molecule has 1 N–H and O–H groups in total. The van der Waals surface area contributed by atoms with Crippen molar-refractivity contribution in [2.45, 2.75) is 43.5 Å². The number of hydrogen-bond donors (Lipinski definition) is 1. The summed E-state index contributed by atoms with van der Waals surface area (Å²) in [7, 11) is -3.43. The first-order valence-electron chi connectivity index (χ1n) is 12.5. The second kappa shape index (κ2) is 10.2. The van der Waals surface area contributed by atoms with Crippen molar-refractivity contribution in [3.8, 4) is 11.1 Å². The minimum atomic E-state index is -3.43. The fraction of sp³-hybridized carbons (Fsp3) is 0.379.